The Balaban J connectivity index is 1.85. The number of aryl methyl sites for hydroxylation is 1. The van der Waals surface area contributed by atoms with Gasteiger partial charge in [-0.3, -0.25) is 0 Å². The molecule has 0 saturated heterocycles. The highest BCUT2D eigenvalue weighted by Crippen LogP contribution is 2.39. The van der Waals surface area contributed by atoms with Gasteiger partial charge in [-0.2, -0.15) is 0 Å². The molecule has 0 spiro atoms. The summed E-state index contributed by atoms with van der Waals surface area (Å²) in [5.74, 6) is 0.333. The van der Waals surface area contributed by atoms with E-state index in [9.17, 15) is 5.11 Å². The SMILES string of the molecule is Cc1ccc(Cc2cc(-c3ccccc3)c(O)c(-c3ccccc3)c2)cc1. The summed E-state index contributed by atoms with van der Waals surface area (Å²) < 4.78 is 0. The van der Waals surface area contributed by atoms with Crippen LogP contribution in [0.15, 0.2) is 97.1 Å². The second kappa shape index (κ2) is 7.51. The summed E-state index contributed by atoms with van der Waals surface area (Å²) in [6.45, 7) is 2.10. The molecular formula is C26H22O. The van der Waals surface area contributed by atoms with Gasteiger partial charge in [0.25, 0.3) is 0 Å². The summed E-state index contributed by atoms with van der Waals surface area (Å²) in [5, 5.41) is 11.0. The van der Waals surface area contributed by atoms with E-state index >= 15 is 0 Å². The molecule has 4 aromatic rings. The highest BCUT2D eigenvalue weighted by atomic mass is 16.3. The maximum Gasteiger partial charge on any atom is 0.131 e. The summed E-state index contributed by atoms with van der Waals surface area (Å²) >= 11 is 0. The van der Waals surface area contributed by atoms with Crippen molar-refractivity contribution in [3.05, 3.63) is 114 Å². The van der Waals surface area contributed by atoms with Gasteiger partial charge in [0.15, 0.2) is 0 Å². The number of rotatable bonds is 4. The van der Waals surface area contributed by atoms with Crippen molar-refractivity contribution in [3.8, 4) is 28.0 Å². The van der Waals surface area contributed by atoms with Gasteiger partial charge in [0, 0.05) is 11.1 Å². The minimum Gasteiger partial charge on any atom is -0.507 e. The van der Waals surface area contributed by atoms with Gasteiger partial charge >= 0.3 is 0 Å². The smallest absolute Gasteiger partial charge is 0.131 e. The van der Waals surface area contributed by atoms with Gasteiger partial charge in [0.2, 0.25) is 0 Å². The van der Waals surface area contributed by atoms with Crippen LogP contribution in [0.5, 0.6) is 5.75 Å². The van der Waals surface area contributed by atoms with Gasteiger partial charge in [-0.05, 0) is 47.7 Å². The lowest BCUT2D eigenvalue weighted by Crippen LogP contribution is -1.93. The van der Waals surface area contributed by atoms with Gasteiger partial charge in [0.05, 0.1) is 0 Å². The Morgan fingerprint density at radius 1 is 0.593 bits per heavy atom. The zero-order valence-electron chi connectivity index (χ0n) is 15.4. The first-order chi connectivity index (χ1) is 13.2. The van der Waals surface area contributed by atoms with E-state index in [0.717, 1.165) is 28.7 Å². The summed E-state index contributed by atoms with van der Waals surface area (Å²) in [4.78, 5) is 0. The minimum absolute atomic E-state index is 0.333. The van der Waals surface area contributed by atoms with E-state index in [1.165, 1.54) is 16.7 Å². The molecule has 4 aromatic carbocycles. The van der Waals surface area contributed by atoms with Crippen molar-refractivity contribution in [2.75, 3.05) is 0 Å². The van der Waals surface area contributed by atoms with Gasteiger partial charge < -0.3 is 5.11 Å². The van der Waals surface area contributed by atoms with Crippen molar-refractivity contribution >= 4 is 0 Å². The van der Waals surface area contributed by atoms with Crippen LogP contribution in [0.4, 0.5) is 0 Å². The first-order valence-electron chi connectivity index (χ1n) is 9.23. The molecular weight excluding hydrogens is 328 g/mol. The molecule has 0 aliphatic rings. The molecule has 4 rings (SSSR count). The Morgan fingerprint density at radius 2 is 1.07 bits per heavy atom. The maximum absolute atomic E-state index is 11.0. The van der Waals surface area contributed by atoms with Crippen LogP contribution in [0.2, 0.25) is 0 Å². The van der Waals surface area contributed by atoms with E-state index in [0.29, 0.717) is 5.75 Å². The second-order valence-electron chi connectivity index (χ2n) is 6.93. The van der Waals surface area contributed by atoms with Crippen molar-refractivity contribution < 1.29 is 5.11 Å². The van der Waals surface area contributed by atoms with Crippen LogP contribution in [0.1, 0.15) is 16.7 Å². The number of benzene rings is 4. The molecule has 0 unspecified atom stereocenters. The van der Waals surface area contributed by atoms with Crippen LogP contribution in [-0.4, -0.2) is 5.11 Å². The van der Waals surface area contributed by atoms with E-state index in [1.54, 1.807) is 0 Å². The number of hydrogen-bond donors (Lipinski definition) is 1. The third-order valence-electron chi connectivity index (χ3n) is 4.87. The Labute approximate surface area is 160 Å². The molecule has 1 N–H and O–H groups in total. The zero-order chi connectivity index (χ0) is 18.6. The Kier molecular flexibility index (Phi) is 4.76. The number of hydrogen-bond acceptors (Lipinski definition) is 1. The molecule has 0 radical (unpaired) electrons. The zero-order valence-corrected chi connectivity index (χ0v) is 15.4. The predicted molar refractivity (Wildman–Crippen MR) is 113 cm³/mol. The number of phenolic OH excluding ortho intramolecular Hbond substituents is 1. The van der Waals surface area contributed by atoms with Crippen LogP contribution in [0.25, 0.3) is 22.3 Å². The third-order valence-corrected chi connectivity index (χ3v) is 4.87. The van der Waals surface area contributed by atoms with Crippen molar-refractivity contribution in [2.24, 2.45) is 0 Å². The fraction of sp³-hybridized carbons (Fsp3) is 0.0769. The normalized spacial score (nSPS) is 10.7. The average Bonchev–Trinajstić information content (AvgIpc) is 2.72. The molecule has 1 heteroatoms. The molecule has 0 atom stereocenters. The third kappa shape index (κ3) is 3.78. The molecule has 0 aliphatic carbocycles. The lowest BCUT2D eigenvalue weighted by molar-refractivity contribution is 0.479. The highest BCUT2D eigenvalue weighted by Gasteiger charge is 2.13. The predicted octanol–water partition coefficient (Wildman–Crippen LogP) is 6.63. The van der Waals surface area contributed by atoms with Crippen LogP contribution >= 0.6 is 0 Å². The van der Waals surface area contributed by atoms with Gasteiger partial charge in [0.1, 0.15) is 5.75 Å². The Bertz CT molecular complexity index is 972. The van der Waals surface area contributed by atoms with Crippen molar-refractivity contribution in [2.45, 2.75) is 13.3 Å². The molecule has 0 heterocycles. The Hall–Kier alpha value is -3.32. The van der Waals surface area contributed by atoms with Crippen LogP contribution < -0.4 is 0 Å². The van der Waals surface area contributed by atoms with Crippen LogP contribution in [0.3, 0.4) is 0 Å². The minimum atomic E-state index is 0.333. The summed E-state index contributed by atoms with van der Waals surface area (Å²) in [6, 6.07) is 33.0. The molecule has 27 heavy (non-hydrogen) atoms. The van der Waals surface area contributed by atoms with Crippen molar-refractivity contribution in [3.63, 3.8) is 0 Å². The highest BCUT2D eigenvalue weighted by molar-refractivity contribution is 5.83. The fourth-order valence-corrected chi connectivity index (χ4v) is 3.41. The number of phenols is 1. The van der Waals surface area contributed by atoms with Crippen LogP contribution in [0, 0.1) is 6.92 Å². The summed E-state index contributed by atoms with van der Waals surface area (Å²) in [7, 11) is 0. The van der Waals surface area contributed by atoms with E-state index < -0.39 is 0 Å². The first kappa shape index (κ1) is 17.1. The average molecular weight is 350 g/mol. The molecule has 1 nitrogen and oxygen atoms in total. The monoisotopic (exact) mass is 350 g/mol. The molecule has 0 aliphatic heterocycles. The molecule has 0 saturated carbocycles. The molecule has 0 amide bonds. The topological polar surface area (TPSA) is 20.2 Å². The van der Waals surface area contributed by atoms with E-state index in [4.69, 9.17) is 0 Å². The molecule has 0 aromatic heterocycles. The van der Waals surface area contributed by atoms with Crippen molar-refractivity contribution in [1.82, 2.24) is 0 Å². The van der Waals surface area contributed by atoms with E-state index in [2.05, 4.69) is 43.3 Å². The van der Waals surface area contributed by atoms with Gasteiger partial charge in [-0.1, -0.05) is 90.5 Å². The van der Waals surface area contributed by atoms with Crippen LogP contribution in [-0.2, 0) is 6.42 Å². The molecule has 132 valence electrons. The van der Waals surface area contributed by atoms with Gasteiger partial charge in [-0.15, -0.1) is 0 Å². The summed E-state index contributed by atoms with van der Waals surface area (Å²) in [6.07, 6.45) is 0.834. The lowest BCUT2D eigenvalue weighted by atomic mass is 9.92. The van der Waals surface area contributed by atoms with Gasteiger partial charge in [-0.25, -0.2) is 0 Å². The van der Waals surface area contributed by atoms with E-state index in [1.807, 2.05) is 60.7 Å². The maximum atomic E-state index is 11.0. The first-order valence-corrected chi connectivity index (χ1v) is 9.23. The molecule has 0 bridgehead atoms. The largest absolute Gasteiger partial charge is 0.507 e. The van der Waals surface area contributed by atoms with Crippen molar-refractivity contribution in [1.29, 1.82) is 0 Å². The Morgan fingerprint density at radius 3 is 1.56 bits per heavy atom. The standard InChI is InChI=1S/C26H22O/c1-19-12-14-20(15-13-19)16-21-17-24(22-8-4-2-5-9-22)26(27)25(18-21)23-10-6-3-7-11-23/h2-15,17-18,27H,16H2,1H3. The van der Waals surface area contributed by atoms with E-state index in [-0.39, 0.29) is 0 Å². The fourth-order valence-electron chi connectivity index (χ4n) is 3.41. The lowest BCUT2D eigenvalue weighted by Gasteiger charge is -2.14. The second-order valence-corrected chi connectivity index (χ2v) is 6.93. The number of aromatic hydroxyl groups is 1. The quantitative estimate of drug-likeness (QED) is 0.438. The summed E-state index contributed by atoms with van der Waals surface area (Å²) in [5.41, 5.74) is 7.52. The molecule has 0 fully saturated rings.